The number of ether oxygens (including phenoxy) is 2. The van der Waals surface area contributed by atoms with Gasteiger partial charge in [0.25, 0.3) is 0 Å². The van der Waals surface area contributed by atoms with Crippen molar-refractivity contribution in [3.05, 3.63) is 80.0 Å². The van der Waals surface area contributed by atoms with Crippen molar-refractivity contribution in [3.8, 4) is 11.5 Å². The standard InChI is InChI=1S/C22H18O6/c1-12-8-20(23)28-22-13(2)18(7-6-16(12)22)26-11-14-9-21(24)27-19-10-15(25-3)4-5-17(14)19/h4-10H,11H2,1-3H3. The molecule has 0 N–H and O–H groups in total. The number of rotatable bonds is 4. The van der Waals surface area contributed by atoms with Crippen LogP contribution in [0.2, 0.25) is 0 Å². The van der Waals surface area contributed by atoms with E-state index < -0.39 is 11.3 Å². The van der Waals surface area contributed by atoms with Gasteiger partial charge in [-0.2, -0.15) is 0 Å². The minimum absolute atomic E-state index is 0.164. The van der Waals surface area contributed by atoms with Gasteiger partial charge in [-0.25, -0.2) is 9.59 Å². The van der Waals surface area contributed by atoms with Gasteiger partial charge >= 0.3 is 11.3 Å². The second-order valence-electron chi connectivity index (χ2n) is 6.56. The minimum Gasteiger partial charge on any atom is -0.497 e. The number of benzene rings is 2. The molecule has 4 aromatic rings. The van der Waals surface area contributed by atoms with Crippen molar-refractivity contribution in [2.45, 2.75) is 20.5 Å². The summed E-state index contributed by atoms with van der Waals surface area (Å²) in [7, 11) is 1.55. The van der Waals surface area contributed by atoms with E-state index in [2.05, 4.69) is 0 Å². The Kier molecular flexibility index (Phi) is 4.39. The van der Waals surface area contributed by atoms with Crippen molar-refractivity contribution in [1.29, 1.82) is 0 Å². The average molecular weight is 378 g/mol. The number of aryl methyl sites for hydroxylation is 2. The summed E-state index contributed by atoms with van der Waals surface area (Å²) < 4.78 is 21.8. The highest BCUT2D eigenvalue weighted by Crippen LogP contribution is 2.29. The predicted molar refractivity (Wildman–Crippen MR) is 105 cm³/mol. The lowest BCUT2D eigenvalue weighted by molar-refractivity contribution is 0.304. The van der Waals surface area contributed by atoms with Gasteiger partial charge in [-0.15, -0.1) is 0 Å². The monoisotopic (exact) mass is 378 g/mol. The van der Waals surface area contributed by atoms with Gasteiger partial charge < -0.3 is 18.3 Å². The smallest absolute Gasteiger partial charge is 0.336 e. The molecule has 142 valence electrons. The van der Waals surface area contributed by atoms with Crippen molar-refractivity contribution in [2.24, 2.45) is 0 Å². The molecule has 0 unspecified atom stereocenters. The third-order valence-electron chi connectivity index (χ3n) is 4.74. The fourth-order valence-corrected chi connectivity index (χ4v) is 3.27. The number of hydrogen-bond acceptors (Lipinski definition) is 6. The predicted octanol–water partition coefficient (Wildman–Crippen LogP) is 4.10. The van der Waals surface area contributed by atoms with Crippen molar-refractivity contribution in [1.82, 2.24) is 0 Å². The molecule has 2 aromatic carbocycles. The third kappa shape index (κ3) is 3.13. The molecule has 0 atom stereocenters. The molecule has 6 nitrogen and oxygen atoms in total. The van der Waals surface area contributed by atoms with Gasteiger partial charge in [0, 0.05) is 40.1 Å². The first-order valence-electron chi connectivity index (χ1n) is 8.74. The zero-order valence-corrected chi connectivity index (χ0v) is 15.7. The summed E-state index contributed by atoms with van der Waals surface area (Å²) in [5, 5.41) is 1.63. The molecule has 0 aliphatic heterocycles. The van der Waals surface area contributed by atoms with E-state index in [1.807, 2.05) is 32.0 Å². The molecule has 0 aliphatic rings. The van der Waals surface area contributed by atoms with Crippen LogP contribution >= 0.6 is 0 Å². The fraction of sp³-hybridized carbons (Fsp3) is 0.182. The summed E-state index contributed by atoms with van der Waals surface area (Å²) in [6.45, 7) is 3.86. The van der Waals surface area contributed by atoms with Crippen LogP contribution in [0.1, 0.15) is 16.7 Å². The van der Waals surface area contributed by atoms with E-state index in [1.54, 1.807) is 19.2 Å². The van der Waals surface area contributed by atoms with Gasteiger partial charge in [-0.1, -0.05) is 0 Å². The largest absolute Gasteiger partial charge is 0.497 e. The van der Waals surface area contributed by atoms with Crippen LogP contribution in [0.15, 0.2) is 60.9 Å². The number of fused-ring (bicyclic) bond motifs is 2. The molecular weight excluding hydrogens is 360 g/mol. The molecule has 0 bridgehead atoms. The molecule has 2 heterocycles. The normalized spacial score (nSPS) is 11.1. The summed E-state index contributed by atoms with van der Waals surface area (Å²) in [4.78, 5) is 23.6. The van der Waals surface area contributed by atoms with Gasteiger partial charge in [0.2, 0.25) is 0 Å². The molecule has 0 radical (unpaired) electrons. The Hall–Kier alpha value is -3.54. The molecule has 0 saturated carbocycles. The van der Waals surface area contributed by atoms with Crippen molar-refractivity contribution >= 4 is 21.9 Å². The Morgan fingerprint density at radius 3 is 2.43 bits per heavy atom. The lowest BCUT2D eigenvalue weighted by Gasteiger charge is -2.12. The van der Waals surface area contributed by atoms with E-state index in [1.165, 1.54) is 12.1 Å². The molecule has 0 saturated heterocycles. The van der Waals surface area contributed by atoms with Crippen molar-refractivity contribution in [2.75, 3.05) is 7.11 Å². The van der Waals surface area contributed by atoms with Gasteiger partial charge in [0.1, 0.15) is 29.3 Å². The van der Waals surface area contributed by atoms with Crippen LogP contribution in [0.4, 0.5) is 0 Å². The van der Waals surface area contributed by atoms with E-state index in [9.17, 15) is 9.59 Å². The van der Waals surface area contributed by atoms with Gasteiger partial charge in [0.05, 0.1) is 7.11 Å². The van der Waals surface area contributed by atoms with Crippen LogP contribution in [0.3, 0.4) is 0 Å². The Labute approximate surface area is 159 Å². The van der Waals surface area contributed by atoms with Crippen LogP contribution in [0, 0.1) is 13.8 Å². The van der Waals surface area contributed by atoms with Gasteiger partial charge in [-0.05, 0) is 43.7 Å². The highest BCUT2D eigenvalue weighted by molar-refractivity contribution is 5.85. The third-order valence-corrected chi connectivity index (χ3v) is 4.74. The molecule has 0 fully saturated rings. The van der Waals surface area contributed by atoms with Crippen LogP contribution in [0.25, 0.3) is 21.9 Å². The Morgan fingerprint density at radius 2 is 1.64 bits per heavy atom. The molecule has 6 heteroatoms. The molecular formula is C22H18O6. The maximum Gasteiger partial charge on any atom is 0.336 e. The molecule has 0 amide bonds. The van der Waals surface area contributed by atoms with Crippen LogP contribution in [0.5, 0.6) is 11.5 Å². The quantitative estimate of drug-likeness (QED) is 0.498. The second kappa shape index (κ2) is 6.88. The first kappa shape index (κ1) is 17.9. The first-order valence-corrected chi connectivity index (χ1v) is 8.74. The molecule has 4 rings (SSSR count). The second-order valence-corrected chi connectivity index (χ2v) is 6.56. The highest BCUT2D eigenvalue weighted by Gasteiger charge is 2.12. The Balaban J connectivity index is 1.73. The van der Waals surface area contributed by atoms with Crippen LogP contribution < -0.4 is 20.7 Å². The minimum atomic E-state index is -0.462. The lowest BCUT2D eigenvalue weighted by atomic mass is 10.1. The van der Waals surface area contributed by atoms with Gasteiger partial charge in [0.15, 0.2) is 0 Å². The van der Waals surface area contributed by atoms with Crippen molar-refractivity contribution in [3.63, 3.8) is 0 Å². The topological polar surface area (TPSA) is 78.9 Å². The SMILES string of the molecule is COc1ccc2c(COc3ccc4c(C)cc(=O)oc4c3C)cc(=O)oc2c1. The van der Waals surface area contributed by atoms with E-state index in [0.717, 1.165) is 21.9 Å². The molecule has 0 spiro atoms. The Bertz CT molecular complexity index is 1310. The summed E-state index contributed by atoms with van der Waals surface area (Å²) in [5.41, 5.74) is 2.35. The molecule has 2 aromatic heterocycles. The van der Waals surface area contributed by atoms with Gasteiger partial charge in [-0.3, -0.25) is 0 Å². The summed E-state index contributed by atoms with van der Waals surface area (Å²) in [6, 6.07) is 11.9. The van der Waals surface area contributed by atoms with Crippen molar-refractivity contribution < 1.29 is 18.3 Å². The summed E-state index contributed by atoms with van der Waals surface area (Å²) in [5.74, 6) is 1.18. The van der Waals surface area contributed by atoms with E-state index >= 15 is 0 Å². The zero-order valence-electron chi connectivity index (χ0n) is 15.7. The maximum absolute atomic E-state index is 11.9. The molecule has 0 aliphatic carbocycles. The van der Waals surface area contributed by atoms with E-state index in [-0.39, 0.29) is 6.61 Å². The zero-order chi connectivity index (χ0) is 19.8. The summed E-state index contributed by atoms with van der Waals surface area (Å²) >= 11 is 0. The van der Waals surface area contributed by atoms with Crippen LogP contribution in [-0.2, 0) is 6.61 Å². The van der Waals surface area contributed by atoms with Crippen LogP contribution in [-0.4, -0.2) is 7.11 Å². The maximum atomic E-state index is 11.9. The number of methoxy groups -OCH3 is 1. The Morgan fingerprint density at radius 1 is 0.893 bits per heavy atom. The average Bonchev–Trinajstić information content (AvgIpc) is 2.67. The van der Waals surface area contributed by atoms with E-state index in [0.29, 0.717) is 28.2 Å². The molecule has 28 heavy (non-hydrogen) atoms. The first-order chi connectivity index (χ1) is 13.5. The van der Waals surface area contributed by atoms with E-state index in [4.69, 9.17) is 18.3 Å². The lowest BCUT2D eigenvalue weighted by Crippen LogP contribution is -2.05. The fourth-order valence-electron chi connectivity index (χ4n) is 3.27. The summed E-state index contributed by atoms with van der Waals surface area (Å²) in [6.07, 6.45) is 0. The number of hydrogen-bond donors (Lipinski definition) is 0. The highest BCUT2D eigenvalue weighted by atomic mass is 16.5.